The highest BCUT2D eigenvalue weighted by Crippen LogP contribution is 2.35. The first kappa shape index (κ1) is 29.0. The van der Waals surface area contributed by atoms with Gasteiger partial charge in [-0.1, -0.05) is 29.8 Å². The number of halogens is 3. The molecule has 0 radical (unpaired) electrons. The van der Waals surface area contributed by atoms with Crippen molar-refractivity contribution in [3.63, 3.8) is 0 Å². The second-order valence-electron chi connectivity index (χ2n) is 10.4. The Kier molecular flexibility index (Phi) is 9.09. The summed E-state index contributed by atoms with van der Waals surface area (Å²) < 4.78 is 28.2. The predicted octanol–water partition coefficient (Wildman–Crippen LogP) is 6.36. The molecule has 3 rings (SSSR count). The van der Waals surface area contributed by atoms with E-state index in [2.05, 4.69) is 16.9 Å². The molecule has 38 heavy (non-hydrogen) atoms. The largest absolute Gasteiger partial charge is 0.477 e. The molecule has 0 saturated heterocycles. The second kappa shape index (κ2) is 11.9. The maximum atomic E-state index is 14.4. The zero-order chi connectivity index (χ0) is 28.2. The van der Waals surface area contributed by atoms with Gasteiger partial charge < -0.3 is 20.2 Å². The Morgan fingerprint density at radius 1 is 1.18 bits per heavy atom. The third-order valence-electron chi connectivity index (χ3n) is 6.32. The number of carbonyl (C=O) groups is 3. The number of aromatic amines is 1. The average Bonchev–Trinajstić information content (AvgIpc) is 3.20. The standard InChI is InChI=1S/C29H31ClF2N2O4/c1-5-6-19-17(8-12-22(31)25(19)32)13-16(15-35)7-10-21(27(36)34-29(2,3)4)24-20-11-9-18(30)14-23(20)33-26(24)28(37)38/h5,8-9,11-12,14-16,21,33H,1,6-7,10,13H2,2-4H3,(H,34,36)(H,37,38). The van der Waals surface area contributed by atoms with E-state index in [4.69, 9.17) is 11.6 Å². The van der Waals surface area contributed by atoms with E-state index >= 15 is 0 Å². The summed E-state index contributed by atoms with van der Waals surface area (Å²) in [5.41, 5.74) is 0.661. The minimum Gasteiger partial charge on any atom is -0.477 e. The highest BCUT2D eigenvalue weighted by Gasteiger charge is 2.32. The Hall–Kier alpha value is -3.52. The lowest BCUT2D eigenvalue weighted by atomic mass is 9.85. The van der Waals surface area contributed by atoms with Crippen LogP contribution in [0.25, 0.3) is 10.9 Å². The molecule has 0 spiro atoms. The van der Waals surface area contributed by atoms with Crippen LogP contribution >= 0.6 is 11.6 Å². The van der Waals surface area contributed by atoms with Crippen molar-refractivity contribution >= 4 is 40.7 Å². The van der Waals surface area contributed by atoms with Crippen molar-refractivity contribution < 1.29 is 28.3 Å². The van der Waals surface area contributed by atoms with Crippen LogP contribution in [-0.2, 0) is 22.4 Å². The fourth-order valence-corrected chi connectivity index (χ4v) is 4.83. The third-order valence-corrected chi connectivity index (χ3v) is 6.56. The van der Waals surface area contributed by atoms with E-state index < -0.39 is 35.0 Å². The predicted molar refractivity (Wildman–Crippen MR) is 144 cm³/mol. The van der Waals surface area contributed by atoms with Gasteiger partial charge in [-0.25, -0.2) is 13.6 Å². The maximum absolute atomic E-state index is 14.4. The fraction of sp³-hybridized carbons (Fsp3) is 0.345. The molecule has 1 aromatic heterocycles. The minimum absolute atomic E-state index is 0.0982. The average molecular weight is 545 g/mol. The SMILES string of the molecule is C=CCc1c(CC(C=O)CCC(C(=O)NC(C)(C)C)c2c(C(=O)O)[nH]c3cc(Cl)ccc23)ccc(F)c1F. The van der Waals surface area contributed by atoms with Crippen LogP contribution in [0.2, 0.25) is 5.02 Å². The Morgan fingerprint density at radius 2 is 1.89 bits per heavy atom. The lowest BCUT2D eigenvalue weighted by Crippen LogP contribution is -2.43. The highest BCUT2D eigenvalue weighted by atomic mass is 35.5. The number of H-pyrrole nitrogens is 1. The summed E-state index contributed by atoms with van der Waals surface area (Å²) in [5.74, 6) is -5.10. The number of hydrogen-bond donors (Lipinski definition) is 3. The summed E-state index contributed by atoms with van der Waals surface area (Å²) in [6.45, 7) is 9.03. The zero-order valence-corrected chi connectivity index (χ0v) is 22.3. The topological polar surface area (TPSA) is 99.3 Å². The summed E-state index contributed by atoms with van der Waals surface area (Å²) in [4.78, 5) is 40.6. The fourth-order valence-electron chi connectivity index (χ4n) is 4.66. The zero-order valence-electron chi connectivity index (χ0n) is 21.5. The smallest absolute Gasteiger partial charge is 0.352 e. The number of aldehydes is 1. The van der Waals surface area contributed by atoms with Gasteiger partial charge >= 0.3 is 5.97 Å². The van der Waals surface area contributed by atoms with E-state index in [1.54, 1.807) is 18.2 Å². The van der Waals surface area contributed by atoms with Gasteiger partial charge in [0.2, 0.25) is 5.91 Å². The van der Waals surface area contributed by atoms with Crippen LogP contribution in [0.3, 0.4) is 0 Å². The molecule has 9 heteroatoms. The van der Waals surface area contributed by atoms with Crippen LogP contribution in [0.1, 0.15) is 66.7 Å². The van der Waals surface area contributed by atoms with Crippen LogP contribution < -0.4 is 5.32 Å². The number of allylic oxidation sites excluding steroid dienone is 1. The molecule has 0 bridgehead atoms. The molecule has 0 aliphatic rings. The minimum atomic E-state index is -1.23. The summed E-state index contributed by atoms with van der Waals surface area (Å²) in [6.07, 6.45) is 2.76. The number of benzene rings is 2. The second-order valence-corrected chi connectivity index (χ2v) is 10.8. The van der Waals surface area contributed by atoms with Crippen molar-refractivity contribution in [2.45, 2.75) is 57.9 Å². The van der Waals surface area contributed by atoms with Gasteiger partial charge in [-0.05, 0) is 75.8 Å². The number of aromatic carboxylic acids is 1. The molecular weight excluding hydrogens is 514 g/mol. The number of carbonyl (C=O) groups excluding carboxylic acids is 2. The monoisotopic (exact) mass is 544 g/mol. The Balaban J connectivity index is 1.99. The first-order valence-electron chi connectivity index (χ1n) is 12.2. The molecule has 202 valence electrons. The van der Waals surface area contributed by atoms with Gasteiger partial charge in [0.1, 0.15) is 12.0 Å². The molecule has 0 fully saturated rings. The summed E-state index contributed by atoms with van der Waals surface area (Å²) >= 11 is 6.10. The molecule has 0 aliphatic carbocycles. The number of hydrogen-bond acceptors (Lipinski definition) is 3. The van der Waals surface area contributed by atoms with Gasteiger partial charge in [0.15, 0.2) is 11.6 Å². The van der Waals surface area contributed by atoms with Crippen LogP contribution in [0, 0.1) is 17.6 Å². The molecule has 0 aliphatic heterocycles. The Bertz CT molecular complexity index is 1380. The molecule has 3 aromatic rings. The number of nitrogens with one attached hydrogen (secondary N) is 2. The molecular formula is C29H31ClF2N2O4. The number of rotatable bonds is 11. The number of fused-ring (bicyclic) bond motifs is 1. The Labute approximate surface area is 225 Å². The van der Waals surface area contributed by atoms with Gasteiger partial charge in [0.25, 0.3) is 0 Å². The van der Waals surface area contributed by atoms with Crippen molar-refractivity contribution in [2.75, 3.05) is 0 Å². The number of amides is 1. The molecule has 2 unspecified atom stereocenters. The van der Waals surface area contributed by atoms with Crippen molar-refractivity contribution in [2.24, 2.45) is 5.92 Å². The van der Waals surface area contributed by atoms with Gasteiger partial charge in [-0.2, -0.15) is 0 Å². The number of carboxylic acid groups (broad SMARTS) is 1. The van der Waals surface area contributed by atoms with Crippen molar-refractivity contribution in [3.8, 4) is 0 Å². The molecule has 1 amide bonds. The van der Waals surface area contributed by atoms with Crippen molar-refractivity contribution in [1.82, 2.24) is 10.3 Å². The summed E-state index contributed by atoms with van der Waals surface area (Å²) in [5, 5.41) is 13.8. The first-order chi connectivity index (χ1) is 17.9. The van der Waals surface area contributed by atoms with Crippen molar-refractivity contribution in [1.29, 1.82) is 0 Å². The molecule has 0 saturated carbocycles. The van der Waals surface area contributed by atoms with Gasteiger partial charge in [-0.15, -0.1) is 6.58 Å². The van der Waals surface area contributed by atoms with Crippen LogP contribution in [0.15, 0.2) is 43.0 Å². The van der Waals surface area contributed by atoms with Crippen molar-refractivity contribution in [3.05, 3.63) is 82.0 Å². The Morgan fingerprint density at radius 3 is 2.50 bits per heavy atom. The molecule has 2 atom stereocenters. The van der Waals surface area contributed by atoms with Crippen LogP contribution in [-0.4, -0.2) is 33.8 Å². The number of aromatic nitrogens is 1. The van der Waals surface area contributed by atoms with Gasteiger partial charge in [-0.3, -0.25) is 4.79 Å². The van der Waals surface area contributed by atoms with E-state index in [0.29, 0.717) is 27.1 Å². The molecule has 3 N–H and O–H groups in total. The van der Waals surface area contributed by atoms with E-state index in [-0.39, 0.29) is 42.8 Å². The maximum Gasteiger partial charge on any atom is 0.352 e. The van der Waals surface area contributed by atoms with E-state index in [1.807, 2.05) is 20.8 Å². The lowest BCUT2D eigenvalue weighted by molar-refractivity contribution is -0.124. The lowest BCUT2D eigenvalue weighted by Gasteiger charge is -2.26. The van der Waals surface area contributed by atoms with Crippen LogP contribution in [0.5, 0.6) is 0 Å². The summed E-state index contributed by atoms with van der Waals surface area (Å²) in [7, 11) is 0. The first-order valence-corrected chi connectivity index (χ1v) is 12.6. The number of carboxylic acids is 1. The summed E-state index contributed by atoms with van der Waals surface area (Å²) in [6, 6.07) is 7.33. The van der Waals surface area contributed by atoms with Crippen LogP contribution in [0.4, 0.5) is 8.78 Å². The molecule has 6 nitrogen and oxygen atoms in total. The van der Waals surface area contributed by atoms with E-state index in [1.165, 1.54) is 12.1 Å². The quantitative estimate of drug-likeness (QED) is 0.193. The molecule has 1 heterocycles. The third kappa shape index (κ3) is 6.67. The van der Waals surface area contributed by atoms with E-state index in [0.717, 1.165) is 12.4 Å². The van der Waals surface area contributed by atoms with Gasteiger partial charge in [0.05, 0.1) is 5.92 Å². The molecule has 2 aromatic carbocycles. The normalized spacial score (nSPS) is 13.2. The van der Waals surface area contributed by atoms with Gasteiger partial charge in [0, 0.05) is 32.9 Å². The highest BCUT2D eigenvalue weighted by molar-refractivity contribution is 6.31. The van der Waals surface area contributed by atoms with E-state index in [9.17, 15) is 28.3 Å².